The first-order chi connectivity index (χ1) is 7.66. The molecule has 1 N–H and O–H groups in total. The number of nitrogens with zero attached hydrogens (tertiary/aromatic N) is 1. The van der Waals surface area contributed by atoms with Crippen LogP contribution in [0, 0.1) is 5.41 Å². The number of likely N-dealkylation sites (tertiary alicyclic amines) is 1. The Morgan fingerprint density at radius 3 is 2.53 bits per heavy atom. The van der Waals surface area contributed by atoms with Crippen molar-refractivity contribution in [3.8, 4) is 0 Å². The van der Waals surface area contributed by atoms with Crippen LogP contribution in [0.2, 0.25) is 5.02 Å². The Labute approximate surface area is 116 Å². The van der Waals surface area contributed by atoms with Crippen LogP contribution in [0.1, 0.15) is 23.2 Å². The van der Waals surface area contributed by atoms with Crippen LogP contribution in [0.3, 0.4) is 0 Å². The molecule has 1 heterocycles. The zero-order valence-electron chi connectivity index (χ0n) is 9.25. The average molecular weight is 317 g/mol. The van der Waals surface area contributed by atoms with E-state index >= 15 is 0 Å². The minimum atomic E-state index is 0. The van der Waals surface area contributed by atoms with Crippen molar-refractivity contribution in [2.24, 2.45) is 0 Å². The maximum absolute atomic E-state index is 11.9. The molecule has 1 fully saturated rings. The highest BCUT2D eigenvalue weighted by Crippen LogP contribution is 2.13. The van der Waals surface area contributed by atoms with E-state index in [1.54, 1.807) is 24.3 Å². The Hall–Kier alpha value is -0.870. The lowest BCUT2D eigenvalue weighted by Gasteiger charge is -2.16. The molecule has 0 unspecified atom stereocenters. The molecule has 3 nitrogen and oxygen atoms in total. The highest BCUT2D eigenvalue weighted by atomic mass is 79.9. The normalized spacial score (nSPS) is 14.6. The summed E-state index contributed by atoms with van der Waals surface area (Å²) in [5, 5.41) is 8.28. The quantitative estimate of drug-likeness (QED) is 0.771. The SMILES string of the molecule is N=C1CCCN1CC(=O)c1ccc(Cl)cc1.[Br-]. The smallest absolute Gasteiger partial charge is 0.182 e. The van der Waals surface area contributed by atoms with E-state index in [-0.39, 0.29) is 22.8 Å². The third-order valence-corrected chi connectivity index (χ3v) is 2.98. The number of benzene rings is 1. The Balaban J connectivity index is 0.00000144. The number of hydrogen-bond acceptors (Lipinski definition) is 2. The largest absolute Gasteiger partial charge is 1.00 e. The zero-order valence-corrected chi connectivity index (χ0v) is 11.6. The van der Waals surface area contributed by atoms with Gasteiger partial charge in [-0.25, -0.2) is 0 Å². The molecule has 17 heavy (non-hydrogen) atoms. The second-order valence-electron chi connectivity index (χ2n) is 3.90. The van der Waals surface area contributed by atoms with E-state index in [1.807, 2.05) is 4.90 Å². The highest BCUT2D eigenvalue weighted by Gasteiger charge is 2.19. The van der Waals surface area contributed by atoms with Gasteiger partial charge in [0.05, 0.1) is 12.4 Å². The Kier molecular flexibility index (Phi) is 5.15. The summed E-state index contributed by atoms with van der Waals surface area (Å²) in [5.74, 6) is 0.616. The number of hydrogen-bond donors (Lipinski definition) is 1. The molecule has 0 spiro atoms. The van der Waals surface area contributed by atoms with Crippen molar-refractivity contribution >= 4 is 23.2 Å². The first kappa shape index (κ1) is 14.2. The number of halogens is 2. The van der Waals surface area contributed by atoms with Gasteiger partial charge in [0.25, 0.3) is 0 Å². The molecule has 92 valence electrons. The van der Waals surface area contributed by atoms with Crippen molar-refractivity contribution in [3.05, 3.63) is 34.9 Å². The zero-order chi connectivity index (χ0) is 11.5. The maximum Gasteiger partial charge on any atom is 0.182 e. The number of nitrogens with one attached hydrogen (secondary N) is 1. The van der Waals surface area contributed by atoms with Crippen LogP contribution in [0.25, 0.3) is 0 Å². The molecule has 1 aromatic carbocycles. The Morgan fingerprint density at radius 2 is 2.00 bits per heavy atom. The number of Topliss-reactive ketones (excluding diaryl/α,β-unsaturated/α-hetero) is 1. The molecule has 0 bridgehead atoms. The fraction of sp³-hybridized carbons (Fsp3) is 0.333. The third kappa shape index (κ3) is 3.54. The standard InChI is InChI=1S/C12H13ClN2O.BrH/c13-10-5-3-9(4-6-10)11(16)8-15-7-1-2-12(15)14;/h3-6,14H,1-2,7-8H2;1H/p-1. The summed E-state index contributed by atoms with van der Waals surface area (Å²) in [6.07, 6.45) is 1.76. The minimum Gasteiger partial charge on any atom is -1.00 e. The summed E-state index contributed by atoms with van der Waals surface area (Å²) in [5.41, 5.74) is 0.657. The van der Waals surface area contributed by atoms with Crippen LogP contribution in [-0.4, -0.2) is 29.6 Å². The van der Waals surface area contributed by atoms with Gasteiger partial charge in [0.1, 0.15) is 0 Å². The Morgan fingerprint density at radius 1 is 1.35 bits per heavy atom. The van der Waals surface area contributed by atoms with Crippen molar-refractivity contribution < 1.29 is 21.8 Å². The van der Waals surface area contributed by atoms with Gasteiger partial charge in [-0.1, -0.05) is 11.6 Å². The van der Waals surface area contributed by atoms with Crippen molar-refractivity contribution in [2.75, 3.05) is 13.1 Å². The van der Waals surface area contributed by atoms with Gasteiger partial charge in [-0.15, -0.1) is 0 Å². The van der Waals surface area contributed by atoms with Crippen LogP contribution >= 0.6 is 11.6 Å². The molecule has 5 heteroatoms. The van der Waals surface area contributed by atoms with E-state index in [1.165, 1.54) is 0 Å². The molecule has 1 saturated heterocycles. The van der Waals surface area contributed by atoms with Gasteiger partial charge in [0.2, 0.25) is 0 Å². The summed E-state index contributed by atoms with van der Waals surface area (Å²) in [4.78, 5) is 13.7. The second kappa shape index (κ2) is 6.17. The first-order valence-corrected chi connectivity index (χ1v) is 5.66. The van der Waals surface area contributed by atoms with Gasteiger partial charge in [0, 0.05) is 23.6 Å². The molecule has 0 atom stereocenters. The summed E-state index contributed by atoms with van der Waals surface area (Å²) in [6.45, 7) is 1.12. The van der Waals surface area contributed by atoms with Gasteiger partial charge in [-0.05, 0) is 30.7 Å². The van der Waals surface area contributed by atoms with Crippen molar-refractivity contribution in [2.45, 2.75) is 12.8 Å². The minimum absolute atomic E-state index is 0. The summed E-state index contributed by atoms with van der Waals surface area (Å²) in [7, 11) is 0. The lowest BCUT2D eigenvalue weighted by molar-refractivity contribution is -0.0000112. The molecule has 0 aromatic heterocycles. The third-order valence-electron chi connectivity index (χ3n) is 2.72. The molecule has 0 amide bonds. The molecule has 0 aliphatic carbocycles. The number of rotatable bonds is 3. The number of amidine groups is 1. The van der Waals surface area contributed by atoms with Crippen molar-refractivity contribution in [1.29, 1.82) is 5.41 Å². The van der Waals surface area contributed by atoms with Crippen LogP contribution in [-0.2, 0) is 0 Å². The monoisotopic (exact) mass is 315 g/mol. The van der Waals surface area contributed by atoms with Crippen molar-refractivity contribution in [1.82, 2.24) is 4.90 Å². The van der Waals surface area contributed by atoms with Crippen LogP contribution in [0.5, 0.6) is 0 Å². The van der Waals surface area contributed by atoms with E-state index < -0.39 is 0 Å². The molecule has 1 aliphatic heterocycles. The molecular formula is C12H13BrClN2O-. The summed E-state index contributed by atoms with van der Waals surface area (Å²) < 4.78 is 0. The van der Waals surface area contributed by atoms with Crippen LogP contribution in [0.15, 0.2) is 24.3 Å². The number of carbonyl (C=O) groups excluding carboxylic acids is 1. The lowest BCUT2D eigenvalue weighted by atomic mass is 10.1. The number of ketones is 1. The van der Waals surface area contributed by atoms with Gasteiger partial charge in [0.15, 0.2) is 5.78 Å². The molecule has 1 aromatic rings. The van der Waals surface area contributed by atoms with Crippen LogP contribution < -0.4 is 17.0 Å². The van der Waals surface area contributed by atoms with Crippen molar-refractivity contribution in [3.63, 3.8) is 0 Å². The second-order valence-corrected chi connectivity index (χ2v) is 4.34. The first-order valence-electron chi connectivity index (χ1n) is 5.28. The van der Waals surface area contributed by atoms with E-state index in [2.05, 4.69) is 0 Å². The molecule has 2 rings (SSSR count). The maximum atomic E-state index is 11.9. The van der Waals surface area contributed by atoms with Gasteiger partial charge < -0.3 is 21.9 Å². The molecule has 0 radical (unpaired) electrons. The topological polar surface area (TPSA) is 44.2 Å². The lowest BCUT2D eigenvalue weighted by Crippen LogP contribution is -3.00. The molecule has 0 saturated carbocycles. The Bertz CT molecular complexity index is 419. The fourth-order valence-corrected chi connectivity index (χ4v) is 1.93. The molecular weight excluding hydrogens is 304 g/mol. The molecule has 1 aliphatic rings. The number of carbonyl (C=O) groups is 1. The van der Waals surface area contributed by atoms with Gasteiger partial charge in [-0.3, -0.25) is 10.2 Å². The van der Waals surface area contributed by atoms with Gasteiger partial charge in [-0.2, -0.15) is 0 Å². The summed E-state index contributed by atoms with van der Waals surface area (Å²) in [6, 6.07) is 6.88. The van der Waals surface area contributed by atoms with E-state index in [4.69, 9.17) is 17.0 Å². The highest BCUT2D eigenvalue weighted by molar-refractivity contribution is 6.30. The fourth-order valence-electron chi connectivity index (χ4n) is 1.81. The van der Waals surface area contributed by atoms with E-state index in [9.17, 15) is 4.79 Å². The average Bonchev–Trinajstić information content (AvgIpc) is 2.65. The van der Waals surface area contributed by atoms with E-state index in [0.29, 0.717) is 23.0 Å². The predicted octanol–water partition coefficient (Wildman–Crippen LogP) is -0.400. The predicted molar refractivity (Wildman–Crippen MR) is 64.3 cm³/mol. The van der Waals surface area contributed by atoms with E-state index in [0.717, 1.165) is 19.4 Å². The van der Waals surface area contributed by atoms with Gasteiger partial charge >= 0.3 is 0 Å². The van der Waals surface area contributed by atoms with Crippen LogP contribution in [0.4, 0.5) is 0 Å². The summed E-state index contributed by atoms with van der Waals surface area (Å²) >= 11 is 5.75.